The third-order valence-electron chi connectivity index (χ3n) is 15.8. The Balaban J connectivity index is 0.836. The number of ether oxygens (including phenoxy) is 8. The van der Waals surface area contributed by atoms with E-state index < -0.39 is 65.4 Å². The van der Waals surface area contributed by atoms with E-state index in [0.717, 1.165) is 43.4 Å². The maximum Gasteiger partial charge on any atom is 0.306 e. The molecule has 9 aliphatic heterocycles. The number of fused-ring (bicyclic) bond motifs is 5. The van der Waals surface area contributed by atoms with E-state index in [9.17, 15) is 20.1 Å². The lowest BCUT2D eigenvalue weighted by atomic mass is 9.79. The number of rotatable bonds is 9. The first kappa shape index (κ1) is 44.4. The van der Waals surface area contributed by atoms with Gasteiger partial charge in [-0.05, 0) is 61.9 Å². The van der Waals surface area contributed by atoms with E-state index in [1.165, 1.54) is 6.08 Å². The third kappa shape index (κ3) is 8.37. The second-order valence-electron chi connectivity index (χ2n) is 21.1. The maximum absolute atomic E-state index is 12.2. The van der Waals surface area contributed by atoms with Gasteiger partial charge in [0.25, 0.3) is 0 Å². The molecule has 9 heterocycles. The molecule has 14 nitrogen and oxygen atoms in total. The molecule has 9 rings (SSSR count). The van der Waals surface area contributed by atoms with Crippen molar-refractivity contribution in [1.82, 2.24) is 5.32 Å². The Morgan fingerprint density at radius 1 is 0.902 bits per heavy atom. The first-order valence-electron chi connectivity index (χ1n) is 23.3. The largest absolute Gasteiger partial charge is 0.481 e. The maximum atomic E-state index is 12.2. The van der Waals surface area contributed by atoms with E-state index in [2.05, 4.69) is 46.5 Å². The molecule has 0 aromatic heterocycles. The predicted octanol–water partition coefficient (Wildman–Crippen LogP) is 5.37. The van der Waals surface area contributed by atoms with E-state index in [1.807, 2.05) is 13.0 Å². The summed E-state index contributed by atoms with van der Waals surface area (Å²) in [6, 6.07) is 0. The van der Waals surface area contributed by atoms with Crippen molar-refractivity contribution in [1.29, 1.82) is 0 Å². The van der Waals surface area contributed by atoms with Crippen molar-refractivity contribution in [3.63, 3.8) is 0 Å². The summed E-state index contributed by atoms with van der Waals surface area (Å²) in [5.41, 5.74) is 1.44. The number of carboxylic acids is 1. The molecule has 0 aromatic carbocycles. The van der Waals surface area contributed by atoms with Crippen LogP contribution in [0.4, 0.5) is 0 Å². The molecule has 2 bridgehead atoms. The molecule has 0 aliphatic carbocycles. The molecule has 0 amide bonds. The summed E-state index contributed by atoms with van der Waals surface area (Å²) < 4.78 is 54.0. The first-order chi connectivity index (χ1) is 28.8. The van der Waals surface area contributed by atoms with Crippen molar-refractivity contribution in [2.24, 2.45) is 29.6 Å². The number of carboxylic acid groups (broad SMARTS) is 1. The fourth-order valence-corrected chi connectivity index (χ4v) is 12.8. The molecular weight excluding hydrogens is 787 g/mol. The second-order valence-corrected chi connectivity index (χ2v) is 21.1. The Hall–Kier alpha value is -1.79. The van der Waals surface area contributed by atoms with Crippen LogP contribution in [-0.2, 0) is 42.7 Å². The van der Waals surface area contributed by atoms with Gasteiger partial charge in [0.05, 0.1) is 55.3 Å². The molecule has 8 saturated heterocycles. The number of nitrogens with one attached hydrogen (secondary N) is 1. The molecule has 61 heavy (non-hydrogen) atoms. The monoisotopic (exact) mass is 857 g/mol. The topological polar surface area (TPSA) is 184 Å². The van der Waals surface area contributed by atoms with Crippen LogP contribution in [0.15, 0.2) is 36.0 Å². The van der Waals surface area contributed by atoms with Crippen LogP contribution in [-0.4, -0.2) is 123 Å². The van der Waals surface area contributed by atoms with Crippen LogP contribution in [0, 0.1) is 29.6 Å². The summed E-state index contributed by atoms with van der Waals surface area (Å²) in [6.07, 6.45) is 7.09. The van der Waals surface area contributed by atoms with Crippen LogP contribution < -0.4 is 5.32 Å². The molecular formula is C47H71NO13. The van der Waals surface area contributed by atoms with Gasteiger partial charge in [-0.15, -0.1) is 0 Å². The summed E-state index contributed by atoms with van der Waals surface area (Å²) >= 11 is 0. The molecule has 0 radical (unpaired) electrons. The Labute approximate surface area is 360 Å². The van der Waals surface area contributed by atoms with Gasteiger partial charge < -0.3 is 58.3 Å². The Kier molecular flexibility index (Phi) is 11.8. The fourth-order valence-electron chi connectivity index (χ4n) is 12.8. The van der Waals surface area contributed by atoms with Gasteiger partial charge in [0.15, 0.2) is 23.1 Å². The highest BCUT2D eigenvalue weighted by atomic mass is 16.8. The van der Waals surface area contributed by atoms with E-state index in [0.29, 0.717) is 62.7 Å². The van der Waals surface area contributed by atoms with Crippen molar-refractivity contribution in [3.8, 4) is 0 Å². The zero-order chi connectivity index (χ0) is 43.3. The van der Waals surface area contributed by atoms with Crippen molar-refractivity contribution < 1.29 is 63.1 Å². The molecule has 20 atom stereocenters. The Morgan fingerprint density at radius 3 is 2.46 bits per heavy atom. The van der Waals surface area contributed by atoms with Crippen molar-refractivity contribution in [2.45, 2.75) is 215 Å². The van der Waals surface area contributed by atoms with Gasteiger partial charge in [0.1, 0.15) is 17.9 Å². The average molecular weight is 858 g/mol. The minimum absolute atomic E-state index is 0.0465. The standard InChI is InChI=1S/C47H71NO13/c1-25-15-33(9-8-32(49)18-39(50)51)55-43(20-25)12-13-47(61-43)31(7)17-34-35(58-47)19-37(54-34)42(52)46(53)11-10-28(4)40(60-46)29(5)22-44-21-26(2)16-36(56-44)41-38(57-44)23-45(59-41)30(6)14-27(3)24-48-45/h8-9,15,26-28,30-38,40-42,48-49,52-53H,5,10-14,16-24H2,1-4,6-7H3,(H,50,51)/b9-8+/t26-,27+,28-,30-,31+,32-,33+,34+,35+,36+,37-,38+,40-,41+,42+,43+,44-,45-,46+,47+/m0/s1. The van der Waals surface area contributed by atoms with Gasteiger partial charge in [-0.3, -0.25) is 10.1 Å². The number of hydrogen-bond acceptors (Lipinski definition) is 13. The van der Waals surface area contributed by atoms with Crippen LogP contribution in [0.25, 0.3) is 0 Å². The van der Waals surface area contributed by atoms with E-state index in [4.69, 9.17) is 43.0 Å². The highest BCUT2D eigenvalue weighted by Gasteiger charge is 2.64. The van der Waals surface area contributed by atoms with Crippen molar-refractivity contribution in [2.75, 3.05) is 6.54 Å². The van der Waals surface area contributed by atoms with Crippen LogP contribution in [0.2, 0.25) is 0 Å². The Bertz CT molecular complexity index is 1740. The van der Waals surface area contributed by atoms with Crippen LogP contribution in [0.3, 0.4) is 0 Å². The van der Waals surface area contributed by atoms with E-state index in [-0.39, 0.29) is 55.2 Å². The van der Waals surface area contributed by atoms with Crippen molar-refractivity contribution >= 4 is 5.97 Å². The molecule has 0 saturated carbocycles. The minimum Gasteiger partial charge on any atom is -0.481 e. The van der Waals surface area contributed by atoms with Gasteiger partial charge >= 0.3 is 5.97 Å². The number of hydrogen-bond donors (Lipinski definition) is 5. The molecule has 342 valence electrons. The summed E-state index contributed by atoms with van der Waals surface area (Å²) in [6.45, 7) is 18.5. The number of piperidine rings is 1. The molecule has 3 spiro atoms. The van der Waals surface area contributed by atoms with Gasteiger partial charge in [-0.1, -0.05) is 65.0 Å². The van der Waals surface area contributed by atoms with Gasteiger partial charge in [0.2, 0.25) is 0 Å². The van der Waals surface area contributed by atoms with E-state index in [1.54, 1.807) is 6.08 Å². The van der Waals surface area contributed by atoms with Gasteiger partial charge in [0, 0.05) is 63.8 Å². The van der Waals surface area contributed by atoms with E-state index >= 15 is 0 Å². The first-order valence-corrected chi connectivity index (χ1v) is 23.3. The molecule has 0 aromatic rings. The summed E-state index contributed by atoms with van der Waals surface area (Å²) in [5, 5.41) is 47.0. The summed E-state index contributed by atoms with van der Waals surface area (Å²) in [7, 11) is 0. The molecule has 8 fully saturated rings. The van der Waals surface area contributed by atoms with Gasteiger partial charge in [-0.25, -0.2) is 0 Å². The third-order valence-corrected chi connectivity index (χ3v) is 15.8. The van der Waals surface area contributed by atoms with Crippen LogP contribution in [0.1, 0.15) is 125 Å². The lowest BCUT2D eigenvalue weighted by Crippen LogP contribution is -2.60. The molecule has 14 heteroatoms. The number of aliphatic hydroxyl groups excluding tert-OH is 2. The normalized spacial score (nSPS) is 51.7. The Morgan fingerprint density at radius 2 is 1.69 bits per heavy atom. The SMILES string of the molecule is C=C(C[C@@]12C[C@@H](C)C[C@@H](O1)[C@H]1O[C@]3(C[C@H]1O2)NC[C@H](C)C[C@@H]3C)[C@H]1O[C@@](O)([C@H](O)[C@@H]2C[C@H]3O[C@@]4(CC[C@]5(CC(C)=C[C@@H](/C=C/[C@H](O)CC(=O)O)O5)O4)[C@H](C)C[C@H]3O2)CC[C@@H]1C. The zero-order valence-corrected chi connectivity index (χ0v) is 37.0. The number of carbonyl (C=O) groups is 1. The molecule has 9 aliphatic rings. The summed E-state index contributed by atoms with van der Waals surface area (Å²) in [4.78, 5) is 11.0. The highest BCUT2D eigenvalue weighted by molar-refractivity contribution is 5.67. The van der Waals surface area contributed by atoms with Crippen LogP contribution >= 0.6 is 0 Å². The lowest BCUT2D eigenvalue weighted by molar-refractivity contribution is -0.366. The average Bonchev–Trinajstić information content (AvgIpc) is 3.86. The smallest absolute Gasteiger partial charge is 0.306 e. The zero-order valence-electron chi connectivity index (χ0n) is 37.0. The second kappa shape index (κ2) is 16.3. The van der Waals surface area contributed by atoms with Crippen molar-refractivity contribution in [3.05, 3.63) is 36.0 Å². The van der Waals surface area contributed by atoms with Gasteiger partial charge in [-0.2, -0.15) is 0 Å². The fraction of sp³-hybridized carbons (Fsp3) is 0.851. The number of aliphatic hydroxyl groups is 3. The lowest BCUT2D eigenvalue weighted by Gasteiger charge is -2.52. The molecule has 5 N–H and O–H groups in total. The van der Waals surface area contributed by atoms with Crippen LogP contribution in [0.5, 0.6) is 0 Å². The number of aliphatic carboxylic acids is 1. The minimum atomic E-state index is -1.86. The highest BCUT2D eigenvalue weighted by Crippen LogP contribution is 2.56. The predicted molar refractivity (Wildman–Crippen MR) is 220 cm³/mol. The quantitative estimate of drug-likeness (QED) is 0.187. The summed E-state index contributed by atoms with van der Waals surface area (Å²) in [5.74, 6) is -4.36. The molecule has 0 unspecified atom stereocenters.